The predicted octanol–water partition coefficient (Wildman–Crippen LogP) is 2.06. The molecule has 1 aromatic rings. The Morgan fingerprint density at radius 3 is 2.76 bits per heavy atom. The average Bonchev–Trinajstić information content (AvgIpc) is 2.17. The van der Waals surface area contributed by atoms with Gasteiger partial charge in [0.05, 0.1) is 18.5 Å². The maximum absolute atomic E-state index is 12.8. The smallest absolute Gasteiger partial charge is 0.412 e. The van der Waals surface area contributed by atoms with Crippen molar-refractivity contribution in [3.63, 3.8) is 0 Å². The van der Waals surface area contributed by atoms with E-state index in [1.165, 1.54) is 0 Å². The first-order valence-electron chi connectivity index (χ1n) is 5.07. The summed E-state index contributed by atoms with van der Waals surface area (Å²) in [5.41, 5.74) is -0.164. The van der Waals surface area contributed by atoms with Crippen LogP contribution in [0.15, 0.2) is 12.3 Å². The Balaban J connectivity index is 2.78. The third kappa shape index (κ3) is 4.36. The lowest BCUT2D eigenvalue weighted by Crippen LogP contribution is -2.27. The zero-order valence-corrected chi connectivity index (χ0v) is 9.95. The predicted molar refractivity (Wildman–Crippen MR) is 60.0 cm³/mol. The number of rotatable bonds is 2. The lowest BCUT2D eigenvalue weighted by atomic mass is 10.2. The minimum absolute atomic E-state index is 0.225. The van der Waals surface area contributed by atoms with Crippen molar-refractivity contribution in [3.05, 3.63) is 23.8 Å². The van der Waals surface area contributed by atoms with Crippen molar-refractivity contribution in [2.24, 2.45) is 0 Å². The molecular formula is C11H15FN2O3. The van der Waals surface area contributed by atoms with Crippen LogP contribution < -0.4 is 5.32 Å². The normalized spacial score (nSPS) is 11.1. The van der Waals surface area contributed by atoms with Gasteiger partial charge in [0.25, 0.3) is 0 Å². The van der Waals surface area contributed by atoms with Crippen LogP contribution in [0.5, 0.6) is 0 Å². The number of nitrogens with one attached hydrogen (secondary N) is 1. The number of ether oxygens (including phenoxy) is 1. The standard InChI is InChI=1S/C11H15FN2O3/c1-11(2,3)17-10(16)14-8-5-13-9(12)4-7(8)6-15/h4-5,15H,6H2,1-3H3,(H,14,16). The van der Waals surface area contributed by atoms with Crippen LogP contribution in [-0.4, -0.2) is 21.8 Å². The Morgan fingerprint density at radius 1 is 1.59 bits per heavy atom. The van der Waals surface area contributed by atoms with E-state index in [4.69, 9.17) is 9.84 Å². The molecule has 2 N–H and O–H groups in total. The lowest BCUT2D eigenvalue weighted by molar-refractivity contribution is 0.0635. The highest BCUT2D eigenvalue weighted by molar-refractivity contribution is 5.85. The van der Waals surface area contributed by atoms with E-state index in [2.05, 4.69) is 10.3 Å². The van der Waals surface area contributed by atoms with Crippen LogP contribution in [0, 0.1) is 5.95 Å². The Bertz CT molecular complexity index is 416. The molecule has 1 heterocycles. The van der Waals surface area contributed by atoms with Crippen LogP contribution in [0.3, 0.4) is 0 Å². The van der Waals surface area contributed by atoms with Gasteiger partial charge in [0.2, 0.25) is 5.95 Å². The molecular weight excluding hydrogens is 227 g/mol. The SMILES string of the molecule is CC(C)(C)OC(=O)Nc1cnc(F)cc1CO. The molecule has 0 aliphatic carbocycles. The van der Waals surface area contributed by atoms with Crippen LogP contribution >= 0.6 is 0 Å². The number of carbonyl (C=O) groups is 1. The minimum atomic E-state index is -0.719. The van der Waals surface area contributed by atoms with E-state index in [1.54, 1.807) is 20.8 Å². The van der Waals surface area contributed by atoms with Gasteiger partial charge >= 0.3 is 6.09 Å². The van der Waals surface area contributed by atoms with Gasteiger partial charge in [-0.15, -0.1) is 0 Å². The molecule has 0 aliphatic rings. The van der Waals surface area contributed by atoms with E-state index >= 15 is 0 Å². The second-order valence-corrected chi connectivity index (χ2v) is 4.45. The van der Waals surface area contributed by atoms with Gasteiger partial charge in [0.1, 0.15) is 5.60 Å². The van der Waals surface area contributed by atoms with Crippen molar-refractivity contribution in [1.82, 2.24) is 4.98 Å². The number of hydrogen-bond acceptors (Lipinski definition) is 4. The fourth-order valence-electron chi connectivity index (χ4n) is 1.12. The highest BCUT2D eigenvalue weighted by Crippen LogP contribution is 2.16. The molecule has 5 nitrogen and oxygen atoms in total. The van der Waals surface area contributed by atoms with Crippen molar-refractivity contribution >= 4 is 11.8 Å². The molecule has 6 heteroatoms. The molecule has 1 rings (SSSR count). The maximum atomic E-state index is 12.8. The van der Waals surface area contributed by atoms with Gasteiger partial charge in [-0.3, -0.25) is 5.32 Å². The highest BCUT2D eigenvalue weighted by atomic mass is 19.1. The topological polar surface area (TPSA) is 71.5 Å². The number of aliphatic hydroxyl groups is 1. The summed E-state index contributed by atoms with van der Waals surface area (Å²) in [6.07, 6.45) is 0.450. The molecule has 0 unspecified atom stereocenters. The number of pyridine rings is 1. The van der Waals surface area contributed by atoms with Gasteiger partial charge < -0.3 is 9.84 Å². The van der Waals surface area contributed by atoms with Crippen LogP contribution in [0.1, 0.15) is 26.3 Å². The van der Waals surface area contributed by atoms with Gasteiger partial charge in [0.15, 0.2) is 0 Å². The summed E-state index contributed by atoms with van der Waals surface area (Å²) >= 11 is 0. The largest absolute Gasteiger partial charge is 0.444 e. The third-order valence-corrected chi connectivity index (χ3v) is 1.76. The number of carbonyl (C=O) groups excluding carboxylic acids is 1. The summed E-state index contributed by atoms with van der Waals surface area (Å²) in [5.74, 6) is -0.719. The van der Waals surface area contributed by atoms with Gasteiger partial charge in [-0.25, -0.2) is 9.78 Å². The van der Waals surface area contributed by atoms with Crippen LogP contribution in [0.25, 0.3) is 0 Å². The Kier molecular flexibility index (Phi) is 4.01. The summed E-state index contributed by atoms with van der Waals surface area (Å²) in [6, 6.07) is 1.05. The number of aromatic nitrogens is 1. The van der Waals surface area contributed by atoms with E-state index in [0.29, 0.717) is 0 Å². The first-order valence-corrected chi connectivity index (χ1v) is 5.07. The zero-order chi connectivity index (χ0) is 13.1. The van der Waals surface area contributed by atoms with E-state index in [-0.39, 0.29) is 11.3 Å². The van der Waals surface area contributed by atoms with Crippen molar-refractivity contribution in [3.8, 4) is 0 Å². The maximum Gasteiger partial charge on any atom is 0.412 e. The minimum Gasteiger partial charge on any atom is -0.444 e. The second kappa shape index (κ2) is 5.09. The lowest BCUT2D eigenvalue weighted by Gasteiger charge is -2.20. The van der Waals surface area contributed by atoms with Gasteiger partial charge in [-0.2, -0.15) is 4.39 Å². The van der Waals surface area contributed by atoms with Crippen LogP contribution in [-0.2, 0) is 11.3 Å². The molecule has 0 fully saturated rings. The number of hydrogen-bond donors (Lipinski definition) is 2. The van der Waals surface area contributed by atoms with E-state index in [1.807, 2.05) is 0 Å². The summed E-state index contributed by atoms with van der Waals surface area (Å²) < 4.78 is 17.8. The third-order valence-electron chi connectivity index (χ3n) is 1.76. The van der Waals surface area contributed by atoms with Crippen LogP contribution in [0.4, 0.5) is 14.9 Å². The number of amides is 1. The molecule has 94 valence electrons. The summed E-state index contributed by atoms with van der Waals surface area (Å²) in [4.78, 5) is 14.8. The molecule has 0 atom stereocenters. The monoisotopic (exact) mass is 242 g/mol. The fourth-order valence-corrected chi connectivity index (χ4v) is 1.12. The number of aliphatic hydroxyl groups excluding tert-OH is 1. The number of halogens is 1. The summed E-state index contributed by atoms with van der Waals surface area (Å²) in [6.45, 7) is 4.78. The molecule has 0 aliphatic heterocycles. The average molecular weight is 242 g/mol. The van der Waals surface area contributed by atoms with Crippen molar-refractivity contribution in [2.45, 2.75) is 33.0 Å². The fraction of sp³-hybridized carbons (Fsp3) is 0.455. The molecule has 1 aromatic heterocycles. The zero-order valence-electron chi connectivity index (χ0n) is 9.95. The first kappa shape index (κ1) is 13.4. The molecule has 0 radical (unpaired) electrons. The van der Waals surface area contributed by atoms with E-state index in [9.17, 15) is 9.18 Å². The summed E-state index contributed by atoms with van der Waals surface area (Å²) in [5, 5.41) is 11.4. The Morgan fingerprint density at radius 2 is 2.24 bits per heavy atom. The highest BCUT2D eigenvalue weighted by Gasteiger charge is 2.17. The summed E-state index contributed by atoms with van der Waals surface area (Å²) in [7, 11) is 0. The molecule has 17 heavy (non-hydrogen) atoms. The van der Waals surface area contributed by atoms with Gasteiger partial charge in [0, 0.05) is 11.6 Å². The first-order chi connectivity index (χ1) is 7.81. The number of anilines is 1. The molecule has 0 saturated carbocycles. The van der Waals surface area contributed by atoms with Gasteiger partial charge in [-0.05, 0) is 20.8 Å². The van der Waals surface area contributed by atoms with E-state index < -0.39 is 24.2 Å². The molecule has 0 aromatic carbocycles. The molecule has 1 amide bonds. The van der Waals surface area contributed by atoms with E-state index in [0.717, 1.165) is 12.3 Å². The van der Waals surface area contributed by atoms with Crippen LogP contribution in [0.2, 0.25) is 0 Å². The van der Waals surface area contributed by atoms with Crippen molar-refractivity contribution in [1.29, 1.82) is 0 Å². The van der Waals surface area contributed by atoms with Gasteiger partial charge in [-0.1, -0.05) is 0 Å². The Hall–Kier alpha value is -1.69. The molecule has 0 spiro atoms. The molecule has 0 bridgehead atoms. The van der Waals surface area contributed by atoms with Crippen molar-refractivity contribution < 1.29 is 19.0 Å². The quantitative estimate of drug-likeness (QED) is 0.779. The van der Waals surface area contributed by atoms with Crippen molar-refractivity contribution in [2.75, 3.05) is 5.32 Å². The second-order valence-electron chi connectivity index (χ2n) is 4.45. The molecule has 0 saturated heterocycles. The number of nitrogens with zero attached hydrogens (tertiary/aromatic N) is 1. The Labute approximate surface area is 98.6 Å².